The molecule has 0 fully saturated rings. The number of ether oxygens (including phenoxy) is 1. The van der Waals surface area contributed by atoms with E-state index in [1.807, 2.05) is 18.2 Å². The minimum absolute atomic E-state index is 0.454. The monoisotopic (exact) mass is 340 g/mol. The Hall–Kier alpha value is -1.13. The van der Waals surface area contributed by atoms with Crippen LogP contribution in [0.4, 0.5) is 0 Å². The molecule has 1 aromatic carbocycles. The quantitative estimate of drug-likeness (QED) is 0.767. The van der Waals surface area contributed by atoms with Gasteiger partial charge in [-0.05, 0) is 30.7 Å². The van der Waals surface area contributed by atoms with Crippen LogP contribution in [0.3, 0.4) is 0 Å². The second-order valence-corrected chi connectivity index (χ2v) is 5.40. The number of aromatic nitrogens is 2. The Kier molecular flexibility index (Phi) is 4.77. The van der Waals surface area contributed by atoms with Crippen LogP contribution in [-0.4, -0.2) is 17.1 Å². The number of methoxy groups -OCH3 is 1. The van der Waals surface area contributed by atoms with E-state index in [1.165, 1.54) is 0 Å². The molecular weight excluding hydrogens is 328 g/mol. The molecule has 0 atom stereocenters. The molecule has 0 aliphatic carbocycles. The first-order valence-electron chi connectivity index (χ1n) is 6.01. The van der Waals surface area contributed by atoms with Crippen molar-refractivity contribution in [3.63, 3.8) is 0 Å². The summed E-state index contributed by atoms with van der Waals surface area (Å²) in [6, 6.07) is 7.53. The van der Waals surface area contributed by atoms with Crippen molar-refractivity contribution in [2.45, 2.75) is 19.8 Å². The van der Waals surface area contributed by atoms with Crippen LogP contribution in [0.2, 0.25) is 5.15 Å². The zero-order valence-electron chi connectivity index (χ0n) is 10.8. The van der Waals surface area contributed by atoms with Crippen molar-refractivity contribution in [1.82, 2.24) is 9.97 Å². The molecule has 5 heteroatoms. The van der Waals surface area contributed by atoms with E-state index in [4.69, 9.17) is 16.3 Å². The highest BCUT2D eigenvalue weighted by Gasteiger charge is 2.11. The molecule has 0 spiro atoms. The van der Waals surface area contributed by atoms with Gasteiger partial charge in [0.2, 0.25) is 0 Å². The van der Waals surface area contributed by atoms with Crippen LogP contribution in [0.25, 0.3) is 11.4 Å². The van der Waals surface area contributed by atoms with E-state index in [2.05, 4.69) is 32.8 Å². The Balaban J connectivity index is 2.54. The molecule has 0 saturated carbocycles. The van der Waals surface area contributed by atoms with Crippen LogP contribution >= 0.6 is 27.5 Å². The number of hydrogen-bond acceptors (Lipinski definition) is 3. The third kappa shape index (κ3) is 3.45. The Morgan fingerprint density at radius 3 is 2.74 bits per heavy atom. The number of hydrogen-bond donors (Lipinski definition) is 0. The number of aryl methyl sites for hydroxylation is 1. The first-order chi connectivity index (χ1) is 9.13. The van der Waals surface area contributed by atoms with Gasteiger partial charge < -0.3 is 4.74 Å². The minimum Gasteiger partial charge on any atom is -0.496 e. The predicted octanol–water partition coefficient (Wildman–Crippen LogP) is 4.52. The molecule has 2 aromatic rings. The summed E-state index contributed by atoms with van der Waals surface area (Å²) in [5.74, 6) is 1.32. The van der Waals surface area contributed by atoms with E-state index in [-0.39, 0.29) is 0 Å². The van der Waals surface area contributed by atoms with E-state index in [0.29, 0.717) is 11.0 Å². The second kappa shape index (κ2) is 6.35. The van der Waals surface area contributed by atoms with Crippen LogP contribution in [0, 0.1) is 0 Å². The highest BCUT2D eigenvalue weighted by Crippen LogP contribution is 2.31. The lowest BCUT2D eigenvalue weighted by Crippen LogP contribution is -1.98. The van der Waals surface area contributed by atoms with E-state index in [1.54, 1.807) is 13.2 Å². The fourth-order valence-electron chi connectivity index (χ4n) is 1.82. The van der Waals surface area contributed by atoms with E-state index >= 15 is 0 Å². The highest BCUT2D eigenvalue weighted by atomic mass is 79.9. The molecule has 1 aromatic heterocycles. The average molecular weight is 342 g/mol. The summed E-state index contributed by atoms with van der Waals surface area (Å²) in [6.07, 6.45) is 1.90. The van der Waals surface area contributed by atoms with Crippen LogP contribution in [0.5, 0.6) is 5.75 Å². The van der Waals surface area contributed by atoms with Crippen molar-refractivity contribution in [3.05, 3.63) is 39.6 Å². The number of benzene rings is 1. The van der Waals surface area contributed by atoms with Crippen molar-refractivity contribution in [1.29, 1.82) is 0 Å². The molecule has 19 heavy (non-hydrogen) atoms. The highest BCUT2D eigenvalue weighted by molar-refractivity contribution is 9.10. The van der Waals surface area contributed by atoms with Crippen LogP contribution in [0.1, 0.15) is 19.0 Å². The van der Waals surface area contributed by atoms with Crippen molar-refractivity contribution in [3.8, 4) is 17.1 Å². The van der Waals surface area contributed by atoms with E-state index in [0.717, 1.165) is 34.3 Å². The third-order valence-corrected chi connectivity index (χ3v) is 3.34. The number of rotatable bonds is 4. The molecule has 0 N–H and O–H groups in total. The molecule has 0 aliphatic heterocycles. The standard InChI is InChI=1S/C14H14BrClN2O/c1-3-4-10-8-13(16)18-14(17-10)11-7-9(15)5-6-12(11)19-2/h5-8H,3-4H2,1-2H3. The van der Waals surface area contributed by atoms with Gasteiger partial charge in [-0.25, -0.2) is 9.97 Å². The minimum atomic E-state index is 0.454. The Morgan fingerprint density at radius 1 is 1.26 bits per heavy atom. The Bertz CT molecular complexity index is 590. The molecule has 0 saturated heterocycles. The van der Waals surface area contributed by atoms with Gasteiger partial charge in [-0.2, -0.15) is 0 Å². The lowest BCUT2D eigenvalue weighted by atomic mass is 10.1. The molecule has 0 radical (unpaired) electrons. The lowest BCUT2D eigenvalue weighted by molar-refractivity contribution is 0.416. The summed E-state index contributed by atoms with van der Waals surface area (Å²) in [5, 5.41) is 0.454. The van der Waals surface area contributed by atoms with Crippen molar-refractivity contribution in [2.24, 2.45) is 0 Å². The maximum atomic E-state index is 6.07. The first-order valence-corrected chi connectivity index (χ1v) is 7.18. The van der Waals surface area contributed by atoms with Crippen LogP contribution in [-0.2, 0) is 6.42 Å². The molecule has 100 valence electrons. The van der Waals surface area contributed by atoms with Gasteiger partial charge in [-0.3, -0.25) is 0 Å². The predicted molar refractivity (Wildman–Crippen MR) is 80.7 cm³/mol. The Labute approximate surface area is 126 Å². The normalized spacial score (nSPS) is 10.5. The average Bonchev–Trinajstić information content (AvgIpc) is 2.38. The maximum absolute atomic E-state index is 6.07. The third-order valence-electron chi connectivity index (χ3n) is 2.66. The molecule has 3 nitrogen and oxygen atoms in total. The molecule has 0 amide bonds. The fraction of sp³-hybridized carbons (Fsp3) is 0.286. The summed E-state index contributed by atoms with van der Waals surface area (Å²) in [4.78, 5) is 8.84. The molecular formula is C14H14BrClN2O. The van der Waals surface area contributed by atoms with Gasteiger partial charge in [-0.1, -0.05) is 40.9 Å². The summed E-state index contributed by atoms with van der Waals surface area (Å²) in [5.41, 5.74) is 1.77. The smallest absolute Gasteiger partial charge is 0.164 e. The van der Waals surface area contributed by atoms with Gasteiger partial charge in [0, 0.05) is 10.2 Å². The molecule has 0 unspecified atom stereocenters. The van der Waals surface area contributed by atoms with Crippen molar-refractivity contribution < 1.29 is 4.74 Å². The fourth-order valence-corrected chi connectivity index (χ4v) is 2.39. The number of nitrogens with zero attached hydrogens (tertiary/aromatic N) is 2. The number of halogens is 2. The summed E-state index contributed by atoms with van der Waals surface area (Å²) in [7, 11) is 1.63. The lowest BCUT2D eigenvalue weighted by Gasteiger charge is -2.09. The van der Waals surface area contributed by atoms with Gasteiger partial charge >= 0.3 is 0 Å². The van der Waals surface area contributed by atoms with E-state index in [9.17, 15) is 0 Å². The van der Waals surface area contributed by atoms with Gasteiger partial charge in [0.25, 0.3) is 0 Å². The Morgan fingerprint density at radius 2 is 2.05 bits per heavy atom. The zero-order chi connectivity index (χ0) is 13.8. The maximum Gasteiger partial charge on any atom is 0.164 e. The van der Waals surface area contributed by atoms with Gasteiger partial charge in [-0.15, -0.1) is 0 Å². The molecule has 1 heterocycles. The van der Waals surface area contributed by atoms with Crippen molar-refractivity contribution >= 4 is 27.5 Å². The van der Waals surface area contributed by atoms with Crippen molar-refractivity contribution in [2.75, 3.05) is 7.11 Å². The topological polar surface area (TPSA) is 35.0 Å². The summed E-state index contributed by atoms with van der Waals surface area (Å²) >= 11 is 9.51. The van der Waals surface area contributed by atoms with E-state index < -0.39 is 0 Å². The van der Waals surface area contributed by atoms with Crippen LogP contribution < -0.4 is 4.74 Å². The molecule has 2 rings (SSSR count). The molecule has 0 aliphatic rings. The van der Waals surface area contributed by atoms with Gasteiger partial charge in [0.15, 0.2) is 5.82 Å². The van der Waals surface area contributed by atoms with Crippen LogP contribution in [0.15, 0.2) is 28.7 Å². The zero-order valence-corrected chi connectivity index (χ0v) is 13.1. The summed E-state index contributed by atoms with van der Waals surface area (Å²) in [6.45, 7) is 2.11. The first kappa shape index (κ1) is 14.3. The van der Waals surface area contributed by atoms with Gasteiger partial charge in [0.1, 0.15) is 10.9 Å². The second-order valence-electron chi connectivity index (χ2n) is 4.10. The largest absolute Gasteiger partial charge is 0.496 e. The summed E-state index contributed by atoms with van der Waals surface area (Å²) < 4.78 is 6.30. The SMILES string of the molecule is CCCc1cc(Cl)nc(-c2cc(Br)ccc2OC)n1. The molecule has 0 bridgehead atoms. The van der Waals surface area contributed by atoms with Gasteiger partial charge in [0.05, 0.1) is 12.7 Å².